The smallest absolute Gasteiger partial charge is 0.319 e. The first-order valence-corrected chi connectivity index (χ1v) is 5.67. The van der Waals surface area contributed by atoms with Gasteiger partial charge in [-0.3, -0.25) is 0 Å². The fraction of sp³-hybridized carbons (Fsp3) is 0.417. The molecule has 1 aliphatic rings. The van der Waals surface area contributed by atoms with E-state index in [1.165, 1.54) is 12.8 Å². The zero-order chi connectivity index (χ0) is 11.4. The summed E-state index contributed by atoms with van der Waals surface area (Å²) in [6.07, 6.45) is 4.60. The molecule has 86 valence electrons. The number of carbonyl (C=O) groups is 1. The molecule has 0 aromatic heterocycles. The molecular weight excluding hydrogens is 202 g/mol. The monoisotopic (exact) mass is 219 g/mol. The predicted molar refractivity (Wildman–Crippen MR) is 65.3 cm³/mol. The highest BCUT2D eigenvalue weighted by Gasteiger charge is 2.16. The molecule has 1 fully saturated rings. The normalized spacial score (nSPS) is 16.0. The van der Waals surface area contributed by atoms with E-state index in [1.807, 2.05) is 12.1 Å². The Hall–Kier alpha value is -1.71. The summed E-state index contributed by atoms with van der Waals surface area (Å²) in [7, 11) is 0. The summed E-state index contributed by atoms with van der Waals surface area (Å²) in [5.41, 5.74) is 7.01. The molecule has 1 aliphatic carbocycles. The van der Waals surface area contributed by atoms with E-state index in [0.29, 0.717) is 11.7 Å². The molecule has 1 aromatic rings. The van der Waals surface area contributed by atoms with Crippen molar-refractivity contribution in [2.75, 3.05) is 11.1 Å². The summed E-state index contributed by atoms with van der Waals surface area (Å²) in [5, 5.41) is 5.74. The van der Waals surface area contributed by atoms with Gasteiger partial charge in [-0.2, -0.15) is 0 Å². The molecule has 0 spiro atoms. The molecule has 4 heteroatoms. The number of urea groups is 1. The van der Waals surface area contributed by atoms with Crippen LogP contribution in [0.3, 0.4) is 0 Å². The van der Waals surface area contributed by atoms with E-state index in [0.717, 1.165) is 18.5 Å². The van der Waals surface area contributed by atoms with Gasteiger partial charge in [-0.05, 0) is 31.0 Å². The predicted octanol–water partition coefficient (Wildman–Crippen LogP) is 2.33. The van der Waals surface area contributed by atoms with Gasteiger partial charge in [0.2, 0.25) is 0 Å². The minimum atomic E-state index is -0.141. The van der Waals surface area contributed by atoms with Gasteiger partial charge in [0, 0.05) is 17.4 Å². The van der Waals surface area contributed by atoms with E-state index >= 15 is 0 Å². The van der Waals surface area contributed by atoms with Gasteiger partial charge in [0.15, 0.2) is 0 Å². The lowest BCUT2D eigenvalue weighted by Crippen LogP contribution is -2.36. The summed E-state index contributed by atoms with van der Waals surface area (Å²) in [6.45, 7) is 0. The van der Waals surface area contributed by atoms with Gasteiger partial charge in [0.25, 0.3) is 0 Å². The van der Waals surface area contributed by atoms with E-state index < -0.39 is 0 Å². The van der Waals surface area contributed by atoms with Crippen molar-refractivity contribution in [2.24, 2.45) is 0 Å². The number of nitrogen functional groups attached to an aromatic ring is 1. The molecule has 1 aromatic carbocycles. The average molecular weight is 219 g/mol. The Morgan fingerprint density at radius 1 is 1.31 bits per heavy atom. The van der Waals surface area contributed by atoms with Gasteiger partial charge in [0.1, 0.15) is 0 Å². The van der Waals surface area contributed by atoms with E-state index in [9.17, 15) is 4.79 Å². The molecule has 0 heterocycles. The summed E-state index contributed by atoms with van der Waals surface area (Å²) in [4.78, 5) is 11.6. The van der Waals surface area contributed by atoms with Crippen molar-refractivity contribution in [3.05, 3.63) is 24.3 Å². The molecule has 16 heavy (non-hydrogen) atoms. The second kappa shape index (κ2) is 4.88. The lowest BCUT2D eigenvalue weighted by molar-refractivity contribution is 0.248. The number of nitrogens with one attached hydrogen (secondary N) is 2. The van der Waals surface area contributed by atoms with E-state index in [4.69, 9.17) is 5.73 Å². The molecule has 0 unspecified atom stereocenters. The second-order valence-corrected chi connectivity index (χ2v) is 4.21. The van der Waals surface area contributed by atoms with E-state index in [1.54, 1.807) is 12.1 Å². The lowest BCUT2D eigenvalue weighted by Gasteiger charge is -2.13. The van der Waals surface area contributed by atoms with Crippen LogP contribution < -0.4 is 16.4 Å². The Bertz CT molecular complexity index is 372. The first-order valence-electron chi connectivity index (χ1n) is 5.67. The SMILES string of the molecule is Nc1cccc(NC(=O)NC2CCCC2)c1. The van der Waals surface area contributed by atoms with Gasteiger partial charge in [-0.25, -0.2) is 4.79 Å². The number of nitrogens with two attached hydrogens (primary N) is 1. The highest BCUT2D eigenvalue weighted by Crippen LogP contribution is 2.18. The third-order valence-corrected chi connectivity index (χ3v) is 2.83. The molecule has 0 saturated heterocycles. The third-order valence-electron chi connectivity index (χ3n) is 2.83. The summed E-state index contributed by atoms with van der Waals surface area (Å²) >= 11 is 0. The number of rotatable bonds is 2. The molecule has 4 N–H and O–H groups in total. The molecule has 0 aliphatic heterocycles. The number of benzene rings is 1. The minimum Gasteiger partial charge on any atom is -0.399 e. The largest absolute Gasteiger partial charge is 0.399 e. The number of carbonyl (C=O) groups excluding carboxylic acids is 1. The molecule has 1 saturated carbocycles. The second-order valence-electron chi connectivity index (χ2n) is 4.21. The van der Waals surface area contributed by atoms with Crippen LogP contribution in [0.4, 0.5) is 16.2 Å². The van der Waals surface area contributed by atoms with Crippen LogP contribution in [-0.2, 0) is 0 Å². The fourth-order valence-corrected chi connectivity index (χ4v) is 2.04. The zero-order valence-electron chi connectivity index (χ0n) is 9.20. The number of amides is 2. The molecular formula is C12H17N3O. The summed E-state index contributed by atoms with van der Waals surface area (Å²) < 4.78 is 0. The van der Waals surface area contributed by atoms with Gasteiger partial charge in [-0.15, -0.1) is 0 Å². The fourth-order valence-electron chi connectivity index (χ4n) is 2.04. The van der Waals surface area contributed by atoms with Crippen molar-refractivity contribution in [1.29, 1.82) is 0 Å². The van der Waals surface area contributed by atoms with Crippen molar-refractivity contribution >= 4 is 17.4 Å². The maximum Gasteiger partial charge on any atom is 0.319 e. The average Bonchev–Trinajstić information content (AvgIpc) is 2.70. The Morgan fingerprint density at radius 3 is 2.75 bits per heavy atom. The molecule has 2 rings (SSSR count). The van der Waals surface area contributed by atoms with Crippen LogP contribution in [0, 0.1) is 0 Å². The van der Waals surface area contributed by atoms with Crippen LogP contribution in [0.1, 0.15) is 25.7 Å². The summed E-state index contributed by atoms with van der Waals surface area (Å²) in [6, 6.07) is 7.37. The molecule has 2 amide bonds. The van der Waals surface area contributed by atoms with Crippen LogP contribution in [-0.4, -0.2) is 12.1 Å². The van der Waals surface area contributed by atoms with Gasteiger partial charge in [-0.1, -0.05) is 18.9 Å². The number of hydrogen-bond acceptors (Lipinski definition) is 2. The first kappa shape index (κ1) is 10.8. The molecule has 0 bridgehead atoms. The zero-order valence-corrected chi connectivity index (χ0v) is 9.20. The Labute approximate surface area is 95.2 Å². The highest BCUT2D eigenvalue weighted by molar-refractivity contribution is 5.89. The molecule has 0 radical (unpaired) electrons. The van der Waals surface area contributed by atoms with Crippen LogP contribution in [0.25, 0.3) is 0 Å². The van der Waals surface area contributed by atoms with Crippen molar-refractivity contribution in [3.63, 3.8) is 0 Å². The van der Waals surface area contributed by atoms with E-state index in [-0.39, 0.29) is 6.03 Å². The van der Waals surface area contributed by atoms with Crippen LogP contribution in [0.5, 0.6) is 0 Å². The Morgan fingerprint density at radius 2 is 2.06 bits per heavy atom. The van der Waals surface area contributed by atoms with Crippen molar-refractivity contribution in [2.45, 2.75) is 31.7 Å². The van der Waals surface area contributed by atoms with Crippen molar-refractivity contribution in [1.82, 2.24) is 5.32 Å². The quantitative estimate of drug-likeness (QED) is 0.668. The molecule has 4 nitrogen and oxygen atoms in total. The van der Waals surface area contributed by atoms with E-state index in [2.05, 4.69) is 10.6 Å². The van der Waals surface area contributed by atoms with Gasteiger partial charge in [0.05, 0.1) is 0 Å². The number of hydrogen-bond donors (Lipinski definition) is 3. The van der Waals surface area contributed by atoms with Crippen molar-refractivity contribution in [3.8, 4) is 0 Å². The van der Waals surface area contributed by atoms with Crippen molar-refractivity contribution < 1.29 is 4.79 Å². The van der Waals surface area contributed by atoms with Crippen LogP contribution in [0.2, 0.25) is 0 Å². The molecule has 0 atom stereocenters. The maximum atomic E-state index is 11.6. The Kier molecular flexibility index (Phi) is 3.29. The van der Waals surface area contributed by atoms with Crippen LogP contribution in [0.15, 0.2) is 24.3 Å². The summed E-state index contributed by atoms with van der Waals surface area (Å²) in [5.74, 6) is 0. The maximum absolute atomic E-state index is 11.6. The topological polar surface area (TPSA) is 67.1 Å². The van der Waals surface area contributed by atoms with Gasteiger partial charge < -0.3 is 16.4 Å². The number of anilines is 2. The first-order chi connectivity index (χ1) is 7.74. The standard InChI is InChI=1S/C12H17N3O/c13-9-4-3-7-11(8-9)15-12(16)14-10-5-1-2-6-10/h3-4,7-8,10H,1-2,5-6,13H2,(H2,14,15,16). The Balaban J connectivity index is 1.86. The van der Waals surface area contributed by atoms with Gasteiger partial charge >= 0.3 is 6.03 Å². The lowest BCUT2D eigenvalue weighted by atomic mass is 10.2. The minimum absolute atomic E-state index is 0.141. The van der Waals surface area contributed by atoms with Crippen LogP contribution >= 0.6 is 0 Å². The third kappa shape index (κ3) is 2.89. The highest BCUT2D eigenvalue weighted by atomic mass is 16.2.